The lowest BCUT2D eigenvalue weighted by Crippen LogP contribution is -2.45. The molecule has 1 aliphatic heterocycles. The summed E-state index contributed by atoms with van der Waals surface area (Å²) in [5.74, 6) is 0.300. The SMILES string of the molecule is C=CCNC(=O)c1cn(Cc2ccc(C)o2)cc(C(=O)NCC2(c3ccccc3)CCOCC2)c1=O. The maximum atomic E-state index is 13.4. The fourth-order valence-electron chi connectivity index (χ4n) is 4.52. The minimum atomic E-state index is -0.623. The largest absolute Gasteiger partial charge is 0.464 e. The van der Waals surface area contributed by atoms with Crippen molar-refractivity contribution in [3.63, 3.8) is 0 Å². The third-order valence-corrected chi connectivity index (χ3v) is 6.53. The molecule has 0 radical (unpaired) electrons. The number of ether oxygens (including phenoxy) is 1. The molecule has 1 aliphatic rings. The highest BCUT2D eigenvalue weighted by molar-refractivity contribution is 5.99. The van der Waals surface area contributed by atoms with Crippen LogP contribution in [0, 0.1) is 6.92 Å². The smallest absolute Gasteiger partial charge is 0.257 e. The lowest BCUT2D eigenvalue weighted by atomic mass is 9.74. The van der Waals surface area contributed by atoms with E-state index in [2.05, 4.69) is 29.3 Å². The van der Waals surface area contributed by atoms with E-state index < -0.39 is 17.2 Å². The molecule has 4 rings (SSSR count). The van der Waals surface area contributed by atoms with Crippen molar-refractivity contribution in [3.8, 4) is 0 Å². The number of pyridine rings is 1. The summed E-state index contributed by atoms with van der Waals surface area (Å²) < 4.78 is 12.8. The van der Waals surface area contributed by atoms with Crippen LogP contribution in [0.3, 0.4) is 0 Å². The molecule has 0 aliphatic carbocycles. The molecule has 0 saturated carbocycles. The molecule has 2 N–H and O–H groups in total. The van der Waals surface area contributed by atoms with Crippen LogP contribution in [0.5, 0.6) is 0 Å². The van der Waals surface area contributed by atoms with E-state index in [1.54, 1.807) is 4.57 Å². The average molecular weight is 490 g/mol. The van der Waals surface area contributed by atoms with Gasteiger partial charge in [0, 0.05) is 44.1 Å². The van der Waals surface area contributed by atoms with Gasteiger partial charge in [0.15, 0.2) is 0 Å². The van der Waals surface area contributed by atoms with E-state index in [-0.39, 0.29) is 29.6 Å². The number of carbonyl (C=O) groups is 2. The lowest BCUT2D eigenvalue weighted by molar-refractivity contribution is 0.0487. The average Bonchev–Trinajstić information content (AvgIpc) is 3.32. The van der Waals surface area contributed by atoms with Gasteiger partial charge in [-0.2, -0.15) is 0 Å². The molecule has 188 valence electrons. The number of furan rings is 1. The van der Waals surface area contributed by atoms with E-state index in [1.165, 1.54) is 18.5 Å². The predicted molar refractivity (Wildman–Crippen MR) is 136 cm³/mol. The van der Waals surface area contributed by atoms with Crippen molar-refractivity contribution in [2.45, 2.75) is 31.7 Å². The second kappa shape index (κ2) is 11.2. The molecule has 1 saturated heterocycles. The molecule has 2 aromatic heterocycles. The Morgan fingerprint density at radius 1 is 1.03 bits per heavy atom. The molecule has 8 nitrogen and oxygen atoms in total. The Bertz CT molecular complexity index is 1290. The van der Waals surface area contributed by atoms with Crippen LogP contribution in [0.2, 0.25) is 0 Å². The second-order valence-corrected chi connectivity index (χ2v) is 9.04. The van der Waals surface area contributed by atoms with Crippen LogP contribution in [0.1, 0.15) is 50.6 Å². The fraction of sp³-hybridized carbons (Fsp3) is 0.321. The first-order valence-corrected chi connectivity index (χ1v) is 12.0. The van der Waals surface area contributed by atoms with Gasteiger partial charge in [-0.3, -0.25) is 14.4 Å². The molecule has 3 heterocycles. The van der Waals surface area contributed by atoms with Gasteiger partial charge >= 0.3 is 0 Å². The molecule has 0 spiro atoms. The molecule has 1 fully saturated rings. The Kier molecular flexibility index (Phi) is 7.85. The van der Waals surface area contributed by atoms with E-state index in [4.69, 9.17) is 9.15 Å². The molecule has 36 heavy (non-hydrogen) atoms. The van der Waals surface area contributed by atoms with Crippen LogP contribution in [0.15, 0.2) is 76.7 Å². The quantitative estimate of drug-likeness (QED) is 0.450. The van der Waals surface area contributed by atoms with Crippen molar-refractivity contribution >= 4 is 11.8 Å². The van der Waals surface area contributed by atoms with Gasteiger partial charge in [-0.05, 0) is 37.5 Å². The number of carbonyl (C=O) groups excluding carboxylic acids is 2. The van der Waals surface area contributed by atoms with Crippen molar-refractivity contribution in [1.29, 1.82) is 0 Å². The minimum Gasteiger partial charge on any atom is -0.464 e. The molecular formula is C28H31N3O5. The highest BCUT2D eigenvalue weighted by Crippen LogP contribution is 2.34. The number of aryl methyl sites for hydroxylation is 1. The summed E-state index contributed by atoms with van der Waals surface area (Å²) >= 11 is 0. The predicted octanol–water partition coefficient (Wildman–Crippen LogP) is 3.19. The maximum absolute atomic E-state index is 13.4. The fourth-order valence-corrected chi connectivity index (χ4v) is 4.52. The van der Waals surface area contributed by atoms with Crippen LogP contribution in [-0.4, -0.2) is 42.7 Å². The van der Waals surface area contributed by atoms with Crippen molar-refractivity contribution in [2.75, 3.05) is 26.3 Å². The molecule has 0 unspecified atom stereocenters. The molecule has 0 bridgehead atoms. The summed E-state index contributed by atoms with van der Waals surface area (Å²) in [6.07, 6.45) is 5.95. The maximum Gasteiger partial charge on any atom is 0.257 e. The first-order valence-electron chi connectivity index (χ1n) is 12.0. The van der Waals surface area contributed by atoms with Gasteiger partial charge < -0.3 is 24.4 Å². The van der Waals surface area contributed by atoms with E-state index in [1.807, 2.05) is 37.3 Å². The van der Waals surface area contributed by atoms with E-state index in [9.17, 15) is 14.4 Å². The Morgan fingerprint density at radius 3 is 2.31 bits per heavy atom. The number of rotatable bonds is 9. The van der Waals surface area contributed by atoms with Gasteiger partial charge in [0.1, 0.15) is 22.6 Å². The van der Waals surface area contributed by atoms with Crippen LogP contribution >= 0.6 is 0 Å². The molecular weight excluding hydrogens is 458 g/mol. The second-order valence-electron chi connectivity index (χ2n) is 9.04. The van der Waals surface area contributed by atoms with Gasteiger partial charge in [-0.25, -0.2) is 0 Å². The van der Waals surface area contributed by atoms with Crippen molar-refractivity contribution in [2.24, 2.45) is 0 Å². The number of hydrogen-bond donors (Lipinski definition) is 2. The Morgan fingerprint density at radius 2 is 1.69 bits per heavy atom. The van der Waals surface area contributed by atoms with Crippen molar-refractivity contribution in [1.82, 2.24) is 15.2 Å². The number of benzene rings is 1. The first kappa shape index (κ1) is 25.2. The number of hydrogen-bond acceptors (Lipinski definition) is 5. The minimum absolute atomic E-state index is 0.0974. The number of nitrogens with zero attached hydrogens (tertiary/aromatic N) is 1. The van der Waals surface area contributed by atoms with Crippen LogP contribution in [-0.2, 0) is 16.7 Å². The monoisotopic (exact) mass is 489 g/mol. The summed E-state index contributed by atoms with van der Waals surface area (Å²) in [6, 6.07) is 13.7. The number of aromatic nitrogens is 1. The van der Waals surface area contributed by atoms with Gasteiger partial charge in [0.05, 0.1) is 6.54 Å². The summed E-state index contributed by atoms with van der Waals surface area (Å²) in [4.78, 5) is 39.3. The van der Waals surface area contributed by atoms with E-state index >= 15 is 0 Å². The number of amides is 2. The van der Waals surface area contributed by atoms with Crippen LogP contribution in [0.4, 0.5) is 0 Å². The zero-order chi connectivity index (χ0) is 25.5. The van der Waals surface area contributed by atoms with Gasteiger partial charge in [-0.1, -0.05) is 36.4 Å². The highest BCUT2D eigenvalue weighted by Gasteiger charge is 2.35. The summed E-state index contributed by atoms with van der Waals surface area (Å²) in [5.41, 5.74) is -0.00593. The van der Waals surface area contributed by atoms with Crippen molar-refractivity contribution < 1.29 is 18.7 Å². The normalized spacial score (nSPS) is 14.7. The third kappa shape index (κ3) is 5.66. The standard InChI is InChI=1S/C28H31N3O5/c1-3-13-29-26(33)23-17-31(16-22-10-9-20(2)36-22)18-24(25(23)32)27(34)30-19-28(11-14-35-15-12-28)21-7-5-4-6-8-21/h3-10,17-18H,1,11-16,19H2,2H3,(H,29,33)(H,30,34). The summed E-state index contributed by atoms with van der Waals surface area (Å²) in [7, 11) is 0. The van der Waals surface area contributed by atoms with Gasteiger partial charge in [0.25, 0.3) is 11.8 Å². The number of nitrogens with one attached hydrogen (secondary N) is 2. The lowest BCUT2D eigenvalue weighted by Gasteiger charge is -2.38. The molecule has 3 aromatic rings. The Labute approximate surface area is 210 Å². The summed E-state index contributed by atoms with van der Waals surface area (Å²) in [5, 5.41) is 5.60. The Hall–Kier alpha value is -3.91. The van der Waals surface area contributed by atoms with E-state index in [0.717, 1.165) is 24.2 Å². The van der Waals surface area contributed by atoms with Crippen molar-refractivity contribution in [3.05, 3.63) is 106 Å². The zero-order valence-corrected chi connectivity index (χ0v) is 20.4. The topological polar surface area (TPSA) is 103 Å². The molecule has 2 amide bonds. The van der Waals surface area contributed by atoms with E-state index in [0.29, 0.717) is 25.5 Å². The molecule has 1 aromatic carbocycles. The third-order valence-electron chi connectivity index (χ3n) is 6.53. The Balaban J connectivity index is 1.63. The molecule has 8 heteroatoms. The molecule has 0 atom stereocenters. The highest BCUT2D eigenvalue weighted by atomic mass is 16.5. The van der Waals surface area contributed by atoms with Gasteiger partial charge in [-0.15, -0.1) is 6.58 Å². The van der Waals surface area contributed by atoms with Gasteiger partial charge in [0.2, 0.25) is 5.43 Å². The van der Waals surface area contributed by atoms with Crippen LogP contribution < -0.4 is 16.1 Å². The zero-order valence-electron chi connectivity index (χ0n) is 20.4. The van der Waals surface area contributed by atoms with Crippen LogP contribution in [0.25, 0.3) is 0 Å². The first-order chi connectivity index (χ1) is 17.4. The summed E-state index contributed by atoms with van der Waals surface area (Å²) in [6.45, 7) is 7.43.